The molecule has 1 aromatic carbocycles. The lowest BCUT2D eigenvalue weighted by Gasteiger charge is -2.06. The van der Waals surface area contributed by atoms with Crippen LogP contribution in [0.15, 0.2) is 30.3 Å². The summed E-state index contributed by atoms with van der Waals surface area (Å²) < 4.78 is 11.0. The van der Waals surface area contributed by atoms with E-state index in [4.69, 9.17) is 9.47 Å². The molecule has 0 bridgehead atoms. The third-order valence-electron chi connectivity index (χ3n) is 3.06. The number of aryl methyl sites for hydroxylation is 1. The van der Waals surface area contributed by atoms with Gasteiger partial charge in [0.15, 0.2) is 6.61 Å². The Morgan fingerprint density at radius 3 is 2.89 bits per heavy atom. The van der Waals surface area contributed by atoms with Gasteiger partial charge >= 0.3 is 0 Å². The molecule has 0 unspecified atom stereocenters. The zero-order chi connectivity index (χ0) is 13.2. The van der Waals surface area contributed by atoms with Crippen molar-refractivity contribution in [1.82, 2.24) is 0 Å². The van der Waals surface area contributed by atoms with Gasteiger partial charge in [-0.2, -0.15) is 0 Å². The summed E-state index contributed by atoms with van der Waals surface area (Å²) in [4.78, 5) is 14.0. The molecule has 0 spiro atoms. The summed E-state index contributed by atoms with van der Waals surface area (Å²) in [5, 5.41) is 0. The van der Waals surface area contributed by atoms with Crippen molar-refractivity contribution in [2.45, 2.75) is 20.0 Å². The van der Waals surface area contributed by atoms with Crippen molar-refractivity contribution in [2.75, 3.05) is 6.61 Å². The number of carbonyl (C=O) groups excluding carboxylic acids is 1. The van der Waals surface area contributed by atoms with E-state index in [9.17, 15) is 4.79 Å². The van der Waals surface area contributed by atoms with E-state index >= 15 is 0 Å². The Morgan fingerprint density at radius 1 is 1.26 bits per heavy atom. The number of hydrogen-bond acceptors (Lipinski definition) is 4. The molecule has 1 aliphatic rings. The molecule has 0 saturated carbocycles. The van der Waals surface area contributed by atoms with E-state index in [1.807, 2.05) is 6.07 Å². The maximum absolute atomic E-state index is 11.4. The molecule has 0 radical (unpaired) electrons. The van der Waals surface area contributed by atoms with Crippen molar-refractivity contribution >= 4 is 17.1 Å². The highest BCUT2D eigenvalue weighted by Gasteiger charge is 2.21. The van der Waals surface area contributed by atoms with E-state index in [2.05, 4.69) is 19.1 Å². The smallest absolute Gasteiger partial charge is 0.203 e. The highest BCUT2D eigenvalue weighted by Crippen LogP contribution is 2.30. The van der Waals surface area contributed by atoms with Gasteiger partial charge in [0, 0.05) is 15.8 Å². The summed E-state index contributed by atoms with van der Waals surface area (Å²) in [6.45, 7) is 2.84. The van der Waals surface area contributed by atoms with Crippen LogP contribution < -0.4 is 9.47 Å². The topological polar surface area (TPSA) is 35.5 Å². The predicted molar refractivity (Wildman–Crippen MR) is 74.3 cm³/mol. The van der Waals surface area contributed by atoms with Crippen LogP contribution in [0.25, 0.3) is 0 Å². The number of benzene rings is 1. The van der Waals surface area contributed by atoms with Gasteiger partial charge in [0.05, 0.1) is 5.56 Å². The molecular formula is C15H14O3S. The van der Waals surface area contributed by atoms with E-state index in [1.54, 1.807) is 23.5 Å². The number of fused-ring (bicyclic) bond motifs is 1. The van der Waals surface area contributed by atoms with Gasteiger partial charge in [-0.15, -0.1) is 11.3 Å². The monoisotopic (exact) mass is 274 g/mol. The van der Waals surface area contributed by atoms with Crippen molar-refractivity contribution in [2.24, 2.45) is 0 Å². The summed E-state index contributed by atoms with van der Waals surface area (Å²) in [5.41, 5.74) is 0.650. The molecule has 3 rings (SSSR count). The van der Waals surface area contributed by atoms with Gasteiger partial charge in [-0.3, -0.25) is 4.79 Å². The normalized spacial score (nSPS) is 13.2. The number of rotatable bonds is 4. The molecule has 0 aliphatic carbocycles. The maximum Gasteiger partial charge on any atom is 0.203 e. The van der Waals surface area contributed by atoms with Gasteiger partial charge in [0.1, 0.15) is 18.1 Å². The van der Waals surface area contributed by atoms with E-state index in [0.717, 1.165) is 12.2 Å². The van der Waals surface area contributed by atoms with Crippen molar-refractivity contribution in [3.05, 3.63) is 45.6 Å². The molecule has 1 aromatic heterocycles. The molecule has 98 valence electrons. The van der Waals surface area contributed by atoms with Gasteiger partial charge in [0.2, 0.25) is 5.78 Å². The Hall–Kier alpha value is -1.81. The second-order valence-electron chi connectivity index (χ2n) is 4.38. The number of hydrogen-bond donors (Lipinski definition) is 0. The number of Topliss-reactive ketones (excluding diaryl/α,β-unsaturated/α-hetero) is 1. The molecule has 0 saturated heterocycles. The van der Waals surface area contributed by atoms with Crippen molar-refractivity contribution < 1.29 is 14.3 Å². The van der Waals surface area contributed by atoms with Crippen LogP contribution in [0.1, 0.15) is 27.0 Å². The summed E-state index contributed by atoms with van der Waals surface area (Å²) in [6.07, 6.45) is 1.06. The number of thiophene rings is 1. The highest BCUT2D eigenvalue weighted by molar-refractivity contribution is 7.11. The van der Waals surface area contributed by atoms with Crippen LogP contribution in [0.5, 0.6) is 11.5 Å². The van der Waals surface area contributed by atoms with Crippen molar-refractivity contribution in [1.29, 1.82) is 0 Å². The third-order valence-corrected chi connectivity index (χ3v) is 4.26. The predicted octanol–water partition coefficient (Wildman–Crippen LogP) is 3.46. The van der Waals surface area contributed by atoms with Crippen LogP contribution in [0, 0.1) is 0 Å². The van der Waals surface area contributed by atoms with Crippen molar-refractivity contribution in [3.8, 4) is 11.5 Å². The number of ether oxygens (including phenoxy) is 2. The van der Waals surface area contributed by atoms with E-state index in [-0.39, 0.29) is 12.4 Å². The van der Waals surface area contributed by atoms with Gasteiger partial charge in [-0.25, -0.2) is 0 Å². The Labute approximate surface area is 115 Å². The second kappa shape index (κ2) is 5.05. The SMILES string of the molecule is CCc1ccc(COc2ccc3c(c2)OCC3=O)s1. The first-order valence-electron chi connectivity index (χ1n) is 6.26. The van der Waals surface area contributed by atoms with E-state index < -0.39 is 0 Å². The molecule has 0 fully saturated rings. The zero-order valence-electron chi connectivity index (χ0n) is 10.6. The average molecular weight is 274 g/mol. The first-order chi connectivity index (χ1) is 9.26. The van der Waals surface area contributed by atoms with E-state index in [0.29, 0.717) is 17.9 Å². The van der Waals surface area contributed by atoms with E-state index in [1.165, 1.54) is 9.75 Å². The largest absolute Gasteiger partial charge is 0.488 e. The van der Waals surface area contributed by atoms with Crippen LogP contribution in [0.4, 0.5) is 0 Å². The first kappa shape index (κ1) is 12.2. The molecule has 1 aliphatic heterocycles. The minimum atomic E-state index is 0.0346. The summed E-state index contributed by atoms with van der Waals surface area (Å²) in [6, 6.07) is 9.60. The van der Waals surface area contributed by atoms with Gasteiger partial charge in [-0.1, -0.05) is 6.92 Å². The fourth-order valence-electron chi connectivity index (χ4n) is 2.01. The molecule has 0 amide bonds. The lowest BCUT2D eigenvalue weighted by atomic mass is 10.1. The number of ketones is 1. The molecule has 4 heteroatoms. The number of carbonyl (C=O) groups is 1. The van der Waals surface area contributed by atoms with Gasteiger partial charge < -0.3 is 9.47 Å². The van der Waals surface area contributed by atoms with Crippen molar-refractivity contribution in [3.63, 3.8) is 0 Å². The Morgan fingerprint density at radius 2 is 2.11 bits per heavy atom. The summed E-state index contributed by atoms with van der Waals surface area (Å²) in [5.74, 6) is 1.40. The maximum atomic E-state index is 11.4. The molecule has 19 heavy (non-hydrogen) atoms. The van der Waals surface area contributed by atoms with Crippen LogP contribution in [-0.4, -0.2) is 12.4 Å². The second-order valence-corrected chi connectivity index (χ2v) is 5.63. The van der Waals surface area contributed by atoms with Crippen LogP contribution in [-0.2, 0) is 13.0 Å². The van der Waals surface area contributed by atoms with Gasteiger partial charge in [0.25, 0.3) is 0 Å². The van der Waals surface area contributed by atoms with Crippen LogP contribution in [0.2, 0.25) is 0 Å². The fourth-order valence-corrected chi connectivity index (χ4v) is 2.88. The summed E-state index contributed by atoms with van der Waals surface area (Å²) in [7, 11) is 0. The fraction of sp³-hybridized carbons (Fsp3) is 0.267. The highest BCUT2D eigenvalue weighted by atomic mass is 32.1. The first-order valence-corrected chi connectivity index (χ1v) is 7.08. The quantitative estimate of drug-likeness (QED) is 0.856. The minimum Gasteiger partial charge on any atom is -0.488 e. The Bertz CT molecular complexity index is 616. The van der Waals surface area contributed by atoms with Crippen LogP contribution >= 0.6 is 11.3 Å². The molecule has 2 aromatic rings. The standard InChI is InChI=1S/C15H14O3S/c1-2-11-4-5-12(19-11)8-17-10-3-6-13-14(16)9-18-15(13)7-10/h3-7H,2,8-9H2,1H3. The molecule has 0 N–H and O–H groups in total. The van der Waals surface area contributed by atoms with Gasteiger partial charge in [-0.05, 0) is 30.7 Å². The minimum absolute atomic E-state index is 0.0346. The third kappa shape index (κ3) is 2.49. The Balaban J connectivity index is 1.69. The average Bonchev–Trinajstić information content (AvgIpc) is 3.03. The molecule has 0 atom stereocenters. The lowest BCUT2D eigenvalue weighted by molar-refractivity contribution is 0.0961. The molecular weight excluding hydrogens is 260 g/mol. The van der Waals surface area contributed by atoms with Crippen LogP contribution in [0.3, 0.4) is 0 Å². The summed E-state index contributed by atoms with van der Waals surface area (Å²) >= 11 is 1.77. The zero-order valence-corrected chi connectivity index (χ0v) is 11.5. The Kier molecular flexibility index (Phi) is 3.25. The lowest BCUT2D eigenvalue weighted by Crippen LogP contribution is -1.98. The molecule has 3 nitrogen and oxygen atoms in total. The molecule has 2 heterocycles.